The molecule has 3 heterocycles. The van der Waals surface area contributed by atoms with E-state index in [0.29, 0.717) is 5.95 Å². The van der Waals surface area contributed by atoms with Crippen LogP contribution in [0.4, 0.5) is 5.95 Å². The largest absolute Gasteiger partial charge is 0.369 e. The first kappa shape index (κ1) is 10.3. The summed E-state index contributed by atoms with van der Waals surface area (Å²) >= 11 is 1.73. The number of hydrogen-bond acceptors (Lipinski definition) is 4. The Bertz CT molecular complexity index is 642. The van der Waals surface area contributed by atoms with Gasteiger partial charge >= 0.3 is 0 Å². The van der Waals surface area contributed by atoms with Crippen LogP contribution in [0.5, 0.6) is 0 Å². The Balaban J connectivity index is 2.20. The van der Waals surface area contributed by atoms with Gasteiger partial charge < -0.3 is 10.3 Å². The van der Waals surface area contributed by atoms with Crippen molar-refractivity contribution in [3.8, 4) is 0 Å². The second-order valence-electron chi connectivity index (χ2n) is 3.90. The maximum absolute atomic E-state index is 5.99. The molecular weight excluding hydrogens is 232 g/mol. The number of nitrogen functional groups attached to an aromatic ring is 1. The first-order valence-electron chi connectivity index (χ1n) is 5.38. The van der Waals surface area contributed by atoms with Gasteiger partial charge in [0.2, 0.25) is 5.95 Å². The zero-order chi connectivity index (χ0) is 11.8. The molecule has 0 fully saturated rings. The zero-order valence-electron chi connectivity index (χ0n) is 9.37. The Kier molecular flexibility index (Phi) is 2.33. The molecule has 4 nitrogen and oxygen atoms in total. The quantitative estimate of drug-likeness (QED) is 0.754. The predicted octanol–water partition coefficient (Wildman–Crippen LogP) is 2.68. The minimum absolute atomic E-state index is 0.197. The van der Waals surface area contributed by atoms with Gasteiger partial charge in [-0.05, 0) is 24.4 Å². The highest BCUT2D eigenvalue weighted by Gasteiger charge is 2.15. The fourth-order valence-corrected chi connectivity index (χ4v) is 2.81. The number of aromatic nitrogens is 3. The van der Waals surface area contributed by atoms with Crippen LogP contribution in [0, 0.1) is 0 Å². The maximum atomic E-state index is 5.99. The Hall–Kier alpha value is -1.88. The van der Waals surface area contributed by atoms with Gasteiger partial charge in [-0.15, -0.1) is 11.3 Å². The molecule has 0 aliphatic rings. The molecule has 0 aromatic carbocycles. The number of pyridine rings is 1. The van der Waals surface area contributed by atoms with Gasteiger partial charge in [0.15, 0.2) is 0 Å². The number of hydrogen-bond donors (Lipinski definition) is 1. The van der Waals surface area contributed by atoms with Crippen LogP contribution in [-0.4, -0.2) is 14.5 Å². The maximum Gasteiger partial charge on any atom is 0.201 e. The number of imidazole rings is 1. The standard InChI is InChI=1S/C12H12N4S/c1-8(11-3-2-6-17-11)16-10-4-5-14-7-9(10)15-12(16)13/h2-8H,1H3,(H2,13,15). The highest BCUT2D eigenvalue weighted by molar-refractivity contribution is 7.10. The summed E-state index contributed by atoms with van der Waals surface area (Å²) in [6.45, 7) is 2.13. The van der Waals surface area contributed by atoms with E-state index < -0.39 is 0 Å². The molecule has 86 valence electrons. The third-order valence-electron chi connectivity index (χ3n) is 2.86. The predicted molar refractivity (Wildman–Crippen MR) is 70.1 cm³/mol. The smallest absolute Gasteiger partial charge is 0.201 e. The van der Waals surface area contributed by atoms with Gasteiger partial charge in [0.05, 0.1) is 17.8 Å². The van der Waals surface area contributed by atoms with Crippen molar-refractivity contribution in [3.63, 3.8) is 0 Å². The fourth-order valence-electron chi connectivity index (χ4n) is 2.03. The minimum atomic E-state index is 0.197. The molecule has 2 N–H and O–H groups in total. The summed E-state index contributed by atoms with van der Waals surface area (Å²) in [6.07, 6.45) is 3.50. The van der Waals surface area contributed by atoms with Crippen molar-refractivity contribution in [1.82, 2.24) is 14.5 Å². The van der Waals surface area contributed by atoms with Crippen LogP contribution in [-0.2, 0) is 0 Å². The number of nitrogens with zero attached hydrogens (tertiary/aromatic N) is 3. The average molecular weight is 244 g/mol. The van der Waals surface area contributed by atoms with Gasteiger partial charge in [0, 0.05) is 11.1 Å². The van der Waals surface area contributed by atoms with Crippen molar-refractivity contribution in [1.29, 1.82) is 0 Å². The molecule has 3 aromatic heterocycles. The SMILES string of the molecule is CC(c1cccs1)n1c(N)nc2cnccc21. The van der Waals surface area contributed by atoms with Crippen LogP contribution >= 0.6 is 11.3 Å². The molecule has 0 aliphatic carbocycles. The molecule has 0 amide bonds. The van der Waals surface area contributed by atoms with Crippen LogP contribution in [0.2, 0.25) is 0 Å². The lowest BCUT2D eigenvalue weighted by Crippen LogP contribution is -2.08. The van der Waals surface area contributed by atoms with Crippen molar-refractivity contribution in [3.05, 3.63) is 40.8 Å². The van der Waals surface area contributed by atoms with E-state index in [1.165, 1.54) is 4.88 Å². The van der Waals surface area contributed by atoms with E-state index >= 15 is 0 Å². The molecular formula is C12H12N4S. The summed E-state index contributed by atoms with van der Waals surface area (Å²) in [5, 5.41) is 2.07. The molecule has 5 heteroatoms. The Morgan fingerprint density at radius 2 is 2.29 bits per heavy atom. The van der Waals surface area contributed by atoms with E-state index in [9.17, 15) is 0 Å². The molecule has 1 atom stereocenters. The van der Waals surface area contributed by atoms with Crippen molar-refractivity contribution >= 4 is 28.3 Å². The normalized spacial score (nSPS) is 13.0. The van der Waals surface area contributed by atoms with Crippen LogP contribution < -0.4 is 5.73 Å². The van der Waals surface area contributed by atoms with Crippen LogP contribution in [0.1, 0.15) is 17.8 Å². The summed E-state index contributed by atoms with van der Waals surface area (Å²) in [5.74, 6) is 0.536. The average Bonchev–Trinajstić information content (AvgIpc) is 2.94. The molecule has 0 spiro atoms. The lowest BCUT2D eigenvalue weighted by Gasteiger charge is -2.14. The third kappa shape index (κ3) is 1.59. The lowest BCUT2D eigenvalue weighted by molar-refractivity contribution is 0.680. The molecule has 0 aliphatic heterocycles. The fraction of sp³-hybridized carbons (Fsp3) is 0.167. The minimum Gasteiger partial charge on any atom is -0.369 e. The molecule has 0 bridgehead atoms. The van der Waals surface area contributed by atoms with Gasteiger partial charge in [0.1, 0.15) is 5.52 Å². The molecule has 0 radical (unpaired) electrons. The van der Waals surface area contributed by atoms with Gasteiger partial charge in [-0.3, -0.25) is 4.98 Å². The summed E-state index contributed by atoms with van der Waals surface area (Å²) in [6, 6.07) is 6.31. The number of thiophene rings is 1. The monoisotopic (exact) mass is 244 g/mol. The topological polar surface area (TPSA) is 56.7 Å². The molecule has 0 saturated carbocycles. The van der Waals surface area contributed by atoms with Crippen LogP contribution in [0.15, 0.2) is 36.0 Å². The Morgan fingerprint density at radius 1 is 1.41 bits per heavy atom. The molecule has 3 aromatic rings. The van der Waals surface area contributed by atoms with Crippen molar-refractivity contribution in [2.24, 2.45) is 0 Å². The Labute approximate surface area is 103 Å². The van der Waals surface area contributed by atoms with E-state index in [0.717, 1.165) is 11.0 Å². The van der Waals surface area contributed by atoms with Crippen LogP contribution in [0.25, 0.3) is 11.0 Å². The summed E-state index contributed by atoms with van der Waals surface area (Å²) < 4.78 is 2.04. The van der Waals surface area contributed by atoms with E-state index in [-0.39, 0.29) is 6.04 Å². The van der Waals surface area contributed by atoms with Crippen LogP contribution in [0.3, 0.4) is 0 Å². The molecule has 0 saturated heterocycles. The first-order valence-corrected chi connectivity index (χ1v) is 6.26. The number of rotatable bonds is 2. The van der Waals surface area contributed by atoms with Crippen molar-refractivity contribution in [2.75, 3.05) is 5.73 Å². The first-order chi connectivity index (χ1) is 8.27. The lowest BCUT2D eigenvalue weighted by atomic mass is 10.2. The number of anilines is 1. The summed E-state index contributed by atoms with van der Waals surface area (Å²) in [7, 11) is 0. The highest BCUT2D eigenvalue weighted by atomic mass is 32.1. The molecule has 17 heavy (non-hydrogen) atoms. The Morgan fingerprint density at radius 3 is 3.06 bits per heavy atom. The molecule has 3 rings (SSSR count). The second-order valence-corrected chi connectivity index (χ2v) is 4.88. The van der Waals surface area contributed by atoms with E-state index in [2.05, 4.69) is 28.3 Å². The number of nitrogens with two attached hydrogens (primary N) is 1. The van der Waals surface area contributed by atoms with Crippen molar-refractivity contribution in [2.45, 2.75) is 13.0 Å². The van der Waals surface area contributed by atoms with Crippen molar-refractivity contribution < 1.29 is 0 Å². The van der Waals surface area contributed by atoms with E-state index in [1.54, 1.807) is 23.7 Å². The third-order valence-corrected chi connectivity index (χ3v) is 3.90. The molecule has 1 unspecified atom stereocenters. The highest BCUT2D eigenvalue weighted by Crippen LogP contribution is 2.28. The summed E-state index contributed by atoms with van der Waals surface area (Å²) in [4.78, 5) is 9.66. The zero-order valence-corrected chi connectivity index (χ0v) is 10.2. The van der Waals surface area contributed by atoms with Gasteiger partial charge in [-0.2, -0.15) is 0 Å². The van der Waals surface area contributed by atoms with E-state index in [1.807, 2.05) is 16.7 Å². The van der Waals surface area contributed by atoms with E-state index in [4.69, 9.17) is 5.73 Å². The second kappa shape index (κ2) is 3.85. The summed E-state index contributed by atoms with van der Waals surface area (Å²) in [5.41, 5.74) is 7.86. The van der Waals surface area contributed by atoms with Gasteiger partial charge in [-0.1, -0.05) is 6.07 Å². The van der Waals surface area contributed by atoms with Gasteiger partial charge in [0.25, 0.3) is 0 Å². The number of fused-ring (bicyclic) bond motifs is 1. The van der Waals surface area contributed by atoms with Gasteiger partial charge in [-0.25, -0.2) is 4.98 Å².